The molecule has 1 aromatic heterocycles. The number of nitrogens with zero attached hydrogens (tertiary/aromatic N) is 3. The van der Waals surface area contributed by atoms with Gasteiger partial charge in [-0.25, -0.2) is 0 Å². The summed E-state index contributed by atoms with van der Waals surface area (Å²) in [6.07, 6.45) is 2.06. The molecule has 2 aromatic rings. The Kier molecular flexibility index (Phi) is 9.52. The van der Waals surface area contributed by atoms with Gasteiger partial charge in [0.05, 0.1) is 13.2 Å². The third kappa shape index (κ3) is 6.63. The van der Waals surface area contributed by atoms with Crippen molar-refractivity contribution in [1.82, 2.24) is 14.8 Å². The van der Waals surface area contributed by atoms with Crippen molar-refractivity contribution in [3.63, 3.8) is 0 Å². The highest BCUT2D eigenvalue weighted by atomic mass is 127. The normalized spacial score (nSPS) is 11.2. The van der Waals surface area contributed by atoms with E-state index in [1.165, 1.54) is 16.8 Å². The van der Waals surface area contributed by atoms with Crippen molar-refractivity contribution in [2.24, 2.45) is 12.0 Å². The molecule has 0 atom stereocenters. The fourth-order valence-electron chi connectivity index (χ4n) is 2.53. The average Bonchev–Trinajstić information content (AvgIpc) is 2.87. The van der Waals surface area contributed by atoms with Crippen LogP contribution in [0.15, 0.2) is 46.0 Å². The van der Waals surface area contributed by atoms with E-state index < -0.39 is 0 Å². The molecular weight excluding hydrogens is 495 g/mol. The Bertz CT molecular complexity index is 685. The first-order chi connectivity index (χ1) is 11.5. The molecule has 0 aliphatic heterocycles. The molecule has 25 heavy (non-hydrogen) atoms. The lowest BCUT2D eigenvalue weighted by Crippen LogP contribution is -2.38. The molecule has 138 valence electrons. The van der Waals surface area contributed by atoms with Gasteiger partial charge in [0.15, 0.2) is 5.96 Å². The molecule has 0 saturated heterocycles. The lowest BCUT2D eigenvalue weighted by atomic mass is 10.1. The second-order valence-electron chi connectivity index (χ2n) is 5.77. The van der Waals surface area contributed by atoms with E-state index in [1.807, 2.05) is 14.1 Å². The summed E-state index contributed by atoms with van der Waals surface area (Å²) < 4.78 is 8.34. The standard InChI is InChI=1S/C18H25BrN4O.HI/c1-20-18(23(3)12-17-9-16(19)11-22(17)2)21-10-14-5-7-15(8-6-14)13-24-4;/h5-9,11H,10,12-13H2,1-4H3,(H,20,21);1H. The Balaban J connectivity index is 0.00000312. The minimum Gasteiger partial charge on any atom is -0.380 e. The zero-order valence-corrected chi connectivity index (χ0v) is 19.0. The van der Waals surface area contributed by atoms with Crippen LogP contribution in [0.25, 0.3) is 0 Å². The largest absolute Gasteiger partial charge is 0.380 e. The number of hydrogen-bond donors (Lipinski definition) is 1. The van der Waals surface area contributed by atoms with Crippen molar-refractivity contribution in [1.29, 1.82) is 0 Å². The van der Waals surface area contributed by atoms with Crippen molar-refractivity contribution < 1.29 is 4.74 Å². The number of ether oxygens (including phenoxy) is 1. The van der Waals surface area contributed by atoms with Gasteiger partial charge in [-0.05, 0) is 33.1 Å². The second-order valence-corrected chi connectivity index (χ2v) is 6.68. The van der Waals surface area contributed by atoms with E-state index in [4.69, 9.17) is 4.74 Å². The van der Waals surface area contributed by atoms with E-state index in [0.717, 1.165) is 23.5 Å². The van der Waals surface area contributed by atoms with Crippen LogP contribution in [0, 0.1) is 0 Å². The van der Waals surface area contributed by atoms with Gasteiger partial charge in [-0.15, -0.1) is 24.0 Å². The fourth-order valence-corrected chi connectivity index (χ4v) is 3.10. The Morgan fingerprint density at radius 2 is 1.92 bits per heavy atom. The van der Waals surface area contributed by atoms with Crippen molar-refractivity contribution in [3.8, 4) is 0 Å². The van der Waals surface area contributed by atoms with Crippen LogP contribution < -0.4 is 5.32 Å². The maximum absolute atomic E-state index is 5.14. The van der Waals surface area contributed by atoms with Gasteiger partial charge in [0.1, 0.15) is 0 Å². The number of halogens is 2. The van der Waals surface area contributed by atoms with Gasteiger partial charge in [-0.3, -0.25) is 4.99 Å². The average molecular weight is 521 g/mol. The fraction of sp³-hybridized carbons (Fsp3) is 0.389. The number of aryl methyl sites for hydroxylation is 1. The van der Waals surface area contributed by atoms with E-state index in [0.29, 0.717) is 6.61 Å². The number of methoxy groups -OCH3 is 1. The van der Waals surface area contributed by atoms with Crippen LogP contribution in [0.2, 0.25) is 0 Å². The van der Waals surface area contributed by atoms with E-state index in [2.05, 4.69) is 72.2 Å². The number of hydrogen-bond acceptors (Lipinski definition) is 2. The Hall–Kier alpha value is -1.06. The van der Waals surface area contributed by atoms with Gasteiger partial charge in [0, 0.05) is 51.2 Å². The maximum Gasteiger partial charge on any atom is 0.194 e. The van der Waals surface area contributed by atoms with Gasteiger partial charge in [-0.2, -0.15) is 0 Å². The zero-order valence-electron chi connectivity index (χ0n) is 15.1. The molecule has 1 heterocycles. The predicted octanol–water partition coefficient (Wildman–Crippen LogP) is 3.76. The van der Waals surface area contributed by atoms with E-state index in [1.54, 1.807) is 14.2 Å². The number of guanidine groups is 1. The predicted molar refractivity (Wildman–Crippen MR) is 117 cm³/mol. The molecule has 0 spiro atoms. The SMILES string of the molecule is CN=C(NCc1ccc(COC)cc1)N(C)Cc1cc(Br)cn1C.I. The summed E-state index contributed by atoms with van der Waals surface area (Å²) in [5.74, 6) is 0.869. The molecule has 7 heteroatoms. The molecule has 0 fully saturated rings. The lowest BCUT2D eigenvalue weighted by molar-refractivity contribution is 0.185. The highest BCUT2D eigenvalue weighted by molar-refractivity contribution is 14.0. The zero-order chi connectivity index (χ0) is 17.5. The van der Waals surface area contributed by atoms with Crippen LogP contribution in [-0.4, -0.2) is 36.6 Å². The monoisotopic (exact) mass is 520 g/mol. The van der Waals surface area contributed by atoms with Gasteiger partial charge < -0.3 is 19.5 Å². The van der Waals surface area contributed by atoms with Crippen LogP contribution in [0.1, 0.15) is 16.8 Å². The summed E-state index contributed by atoms with van der Waals surface area (Å²) in [6, 6.07) is 10.5. The molecule has 1 N–H and O–H groups in total. The highest BCUT2D eigenvalue weighted by Crippen LogP contribution is 2.15. The number of aliphatic imine (C=N–C) groups is 1. The second kappa shape index (κ2) is 10.8. The molecule has 0 saturated carbocycles. The van der Waals surface area contributed by atoms with E-state index >= 15 is 0 Å². The van der Waals surface area contributed by atoms with Crippen molar-refractivity contribution in [2.45, 2.75) is 19.7 Å². The summed E-state index contributed by atoms with van der Waals surface area (Å²) in [6.45, 7) is 2.17. The molecule has 0 radical (unpaired) electrons. The number of rotatable bonds is 6. The van der Waals surface area contributed by atoms with Crippen LogP contribution in [0.5, 0.6) is 0 Å². The summed E-state index contributed by atoms with van der Waals surface area (Å²) in [4.78, 5) is 6.49. The van der Waals surface area contributed by atoms with Crippen LogP contribution >= 0.6 is 39.9 Å². The first-order valence-electron chi connectivity index (χ1n) is 7.82. The minimum absolute atomic E-state index is 0. The smallest absolute Gasteiger partial charge is 0.194 e. The highest BCUT2D eigenvalue weighted by Gasteiger charge is 2.09. The number of aromatic nitrogens is 1. The van der Waals surface area contributed by atoms with Gasteiger partial charge >= 0.3 is 0 Å². The first kappa shape index (κ1) is 22.0. The molecule has 2 rings (SSSR count). The molecule has 0 aliphatic carbocycles. The summed E-state index contributed by atoms with van der Waals surface area (Å²) in [7, 11) is 7.60. The van der Waals surface area contributed by atoms with Crippen molar-refractivity contribution in [2.75, 3.05) is 21.2 Å². The third-order valence-corrected chi connectivity index (χ3v) is 4.27. The lowest BCUT2D eigenvalue weighted by Gasteiger charge is -2.22. The first-order valence-corrected chi connectivity index (χ1v) is 8.62. The molecule has 1 aromatic carbocycles. The molecule has 5 nitrogen and oxygen atoms in total. The topological polar surface area (TPSA) is 41.8 Å². The molecule has 0 aliphatic rings. The quantitative estimate of drug-likeness (QED) is 0.358. The Labute approximate surface area is 175 Å². The van der Waals surface area contributed by atoms with Crippen LogP contribution in [-0.2, 0) is 31.5 Å². The summed E-state index contributed by atoms with van der Waals surface area (Å²) >= 11 is 3.51. The summed E-state index contributed by atoms with van der Waals surface area (Å²) in [5, 5.41) is 3.41. The van der Waals surface area contributed by atoms with Crippen LogP contribution in [0.4, 0.5) is 0 Å². The van der Waals surface area contributed by atoms with Gasteiger partial charge in [0.25, 0.3) is 0 Å². The van der Waals surface area contributed by atoms with Gasteiger partial charge in [0.2, 0.25) is 0 Å². The number of benzene rings is 1. The van der Waals surface area contributed by atoms with Crippen molar-refractivity contribution >= 4 is 45.9 Å². The molecule has 0 unspecified atom stereocenters. The Morgan fingerprint density at radius 3 is 2.44 bits per heavy atom. The molecule has 0 bridgehead atoms. The van der Waals surface area contributed by atoms with E-state index in [-0.39, 0.29) is 24.0 Å². The molecule has 0 amide bonds. The number of nitrogens with one attached hydrogen (secondary N) is 1. The third-order valence-electron chi connectivity index (χ3n) is 3.83. The maximum atomic E-state index is 5.14. The molecular formula is C18H26BrIN4O. The van der Waals surface area contributed by atoms with Crippen molar-refractivity contribution in [3.05, 3.63) is 57.8 Å². The minimum atomic E-state index is 0. The van der Waals surface area contributed by atoms with E-state index in [9.17, 15) is 0 Å². The summed E-state index contributed by atoms with van der Waals surface area (Å²) in [5.41, 5.74) is 3.61. The van der Waals surface area contributed by atoms with Crippen LogP contribution in [0.3, 0.4) is 0 Å². The van der Waals surface area contributed by atoms with Gasteiger partial charge in [-0.1, -0.05) is 24.3 Å². The Morgan fingerprint density at radius 1 is 1.28 bits per heavy atom.